The van der Waals surface area contributed by atoms with E-state index >= 15 is 0 Å². The highest BCUT2D eigenvalue weighted by molar-refractivity contribution is 7.89. The summed E-state index contributed by atoms with van der Waals surface area (Å²) in [4.78, 5) is 2.24. The van der Waals surface area contributed by atoms with Crippen molar-refractivity contribution in [3.05, 3.63) is 29.8 Å². The highest BCUT2D eigenvalue weighted by Gasteiger charge is 2.13. The standard InChI is InChI=1S/C14H25N3O2S/c1-12(2)15-11-13-5-7-14(8-6-13)20(18,19)16-9-10-17(3)4/h5-8,12,15-16H,9-11H2,1-4H3. The van der Waals surface area contributed by atoms with E-state index in [0.29, 0.717) is 24.0 Å². The number of benzene rings is 1. The molecule has 0 aliphatic carbocycles. The lowest BCUT2D eigenvalue weighted by molar-refractivity contribution is 0.412. The quantitative estimate of drug-likeness (QED) is 0.752. The molecule has 0 radical (unpaired) electrons. The largest absolute Gasteiger partial charge is 0.310 e. The lowest BCUT2D eigenvalue weighted by Crippen LogP contribution is -2.31. The van der Waals surface area contributed by atoms with Crippen molar-refractivity contribution < 1.29 is 8.42 Å². The summed E-state index contributed by atoms with van der Waals surface area (Å²) in [6.45, 7) is 5.98. The molecule has 0 saturated heterocycles. The molecule has 1 rings (SSSR count). The first-order valence-corrected chi connectivity index (χ1v) is 8.26. The number of hydrogen-bond acceptors (Lipinski definition) is 4. The van der Waals surface area contributed by atoms with Gasteiger partial charge in [0.2, 0.25) is 10.0 Å². The number of rotatable bonds is 8. The van der Waals surface area contributed by atoms with Crippen LogP contribution < -0.4 is 10.0 Å². The Balaban J connectivity index is 2.62. The van der Waals surface area contributed by atoms with Crippen LogP contribution in [0.3, 0.4) is 0 Å². The van der Waals surface area contributed by atoms with E-state index in [9.17, 15) is 8.42 Å². The lowest BCUT2D eigenvalue weighted by atomic mass is 10.2. The molecule has 1 aromatic carbocycles. The molecule has 5 nitrogen and oxygen atoms in total. The van der Waals surface area contributed by atoms with Crippen molar-refractivity contribution in [3.63, 3.8) is 0 Å². The molecule has 0 unspecified atom stereocenters. The number of hydrogen-bond donors (Lipinski definition) is 2. The van der Waals surface area contributed by atoms with Crippen LogP contribution in [-0.4, -0.2) is 46.5 Å². The first-order chi connectivity index (χ1) is 9.31. The topological polar surface area (TPSA) is 61.4 Å². The Morgan fingerprint density at radius 1 is 1.15 bits per heavy atom. The smallest absolute Gasteiger partial charge is 0.240 e. The van der Waals surface area contributed by atoms with Crippen molar-refractivity contribution in [2.24, 2.45) is 0 Å². The highest BCUT2D eigenvalue weighted by atomic mass is 32.2. The number of nitrogens with zero attached hydrogens (tertiary/aromatic N) is 1. The maximum atomic E-state index is 12.0. The first kappa shape index (κ1) is 17.1. The Bertz CT molecular complexity index is 496. The van der Waals surface area contributed by atoms with E-state index in [1.807, 2.05) is 31.1 Å². The van der Waals surface area contributed by atoms with Crippen molar-refractivity contribution in [3.8, 4) is 0 Å². The van der Waals surface area contributed by atoms with E-state index in [4.69, 9.17) is 0 Å². The summed E-state index contributed by atoms with van der Waals surface area (Å²) in [5.74, 6) is 0. The second-order valence-electron chi connectivity index (χ2n) is 5.38. The minimum absolute atomic E-state index is 0.310. The van der Waals surface area contributed by atoms with Crippen LogP contribution in [0.1, 0.15) is 19.4 Å². The van der Waals surface area contributed by atoms with Gasteiger partial charge in [-0.25, -0.2) is 13.1 Å². The summed E-state index contributed by atoms with van der Waals surface area (Å²) in [6, 6.07) is 7.39. The summed E-state index contributed by atoms with van der Waals surface area (Å²) < 4.78 is 26.7. The Hall–Kier alpha value is -0.950. The molecule has 0 fully saturated rings. The van der Waals surface area contributed by atoms with E-state index in [1.165, 1.54) is 0 Å². The van der Waals surface area contributed by atoms with Gasteiger partial charge in [-0.05, 0) is 31.8 Å². The van der Waals surface area contributed by atoms with Crippen LogP contribution in [0.5, 0.6) is 0 Å². The first-order valence-electron chi connectivity index (χ1n) is 6.78. The summed E-state index contributed by atoms with van der Waals surface area (Å²) in [6.07, 6.45) is 0. The second kappa shape index (κ2) is 7.73. The highest BCUT2D eigenvalue weighted by Crippen LogP contribution is 2.10. The average molecular weight is 299 g/mol. The molecule has 20 heavy (non-hydrogen) atoms. The van der Waals surface area contributed by atoms with Gasteiger partial charge in [-0.2, -0.15) is 0 Å². The van der Waals surface area contributed by atoms with Gasteiger partial charge in [0.1, 0.15) is 0 Å². The molecule has 114 valence electrons. The minimum atomic E-state index is -3.40. The van der Waals surface area contributed by atoms with Gasteiger partial charge in [0.15, 0.2) is 0 Å². The van der Waals surface area contributed by atoms with Crippen molar-refractivity contribution in [2.75, 3.05) is 27.2 Å². The Morgan fingerprint density at radius 3 is 2.25 bits per heavy atom. The molecule has 2 N–H and O–H groups in total. The van der Waals surface area contributed by atoms with Crippen LogP contribution in [0.4, 0.5) is 0 Å². The average Bonchev–Trinajstić information content (AvgIpc) is 2.36. The minimum Gasteiger partial charge on any atom is -0.310 e. The normalized spacial score (nSPS) is 12.3. The zero-order valence-electron chi connectivity index (χ0n) is 12.7. The molecule has 0 atom stereocenters. The van der Waals surface area contributed by atoms with Crippen molar-refractivity contribution in [1.29, 1.82) is 0 Å². The van der Waals surface area contributed by atoms with Crippen LogP contribution in [0, 0.1) is 0 Å². The third kappa shape index (κ3) is 6.00. The molecule has 0 bridgehead atoms. The predicted octanol–water partition coefficient (Wildman–Crippen LogP) is 1.02. The molecule has 0 aliphatic heterocycles. The van der Waals surface area contributed by atoms with Gasteiger partial charge in [0, 0.05) is 25.7 Å². The predicted molar refractivity (Wildman–Crippen MR) is 82.2 cm³/mol. The molecule has 0 heterocycles. The van der Waals surface area contributed by atoms with E-state index in [-0.39, 0.29) is 0 Å². The number of sulfonamides is 1. The second-order valence-corrected chi connectivity index (χ2v) is 7.15. The monoisotopic (exact) mass is 299 g/mol. The summed E-state index contributed by atoms with van der Waals surface area (Å²) in [5, 5.41) is 3.30. The molecule has 0 aliphatic rings. The molecular formula is C14H25N3O2S. The Morgan fingerprint density at radius 2 is 1.75 bits per heavy atom. The van der Waals surface area contributed by atoms with E-state index in [0.717, 1.165) is 12.1 Å². The van der Waals surface area contributed by atoms with Gasteiger partial charge in [-0.15, -0.1) is 0 Å². The SMILES string of the molecule is CC(C)NCc1ccc(S(=O)(=O)NCCN(C)C)cc1. The fourth-order valence-electron chi connectivity index (χ4n) is 1.60. The number of likely N-dealkylation sites (N-methyl/N-ethyl adjacent to an activating group) is 1. The fraction of sp³-hybridized carbons (Fsp3) is 0.571. The number of nitrogens with one attached hydrogen (secondary N) is 2. The summed E-state index contributed by atoms with van der Waals surface area (Å²) >= 11 is 0. The van der Waals surface area contributed by atoms with Crippen LogP contribution in [0.15, 0.2) is 29.2 Å². The maximum Gasteiger partial charge on any atom is 0.240 e. The van der Waals surface area contributed by atoms with Crippen molar-refractivity contribution >= 4 is 10.0 Å². The fourth-order valence-corrected chi connectivity index (χ4v) is 2.62. The molecule has 6 heteroatoms. The van der Waals surface area contributed by atoms with E-state index < -0.39 is 10.0 Å². The third-order valence-electron chi connectivity index (χ3n) is 2.80. The van der Waals surface area contributed by atoms with Gasteiger partial charge >= 0.3 is 0 Å². The zero-order valence-corrected chi connectivity index (χ0v) is 13.5. The summed E-state index contributed by atoms with van der Waals surface area (Å²) in [5.41, 5.74) is 1.07. The molecular weight excluding hydrogens is 274 g/mol. The van der Waals surface area contributed by atoms with Crippen molar-refractivity contribution in [1.82, 2.24) is 14.9 Å². The van der Waals surface area contributed by atoms with Crippen LogP contribution in [-0.2, 0) is 16.6 Å². The maximum absolute atomic E-state index is 12.0. The van der Waals surface area contributed by atoms with Crippen LogP contribution >= 0.6 is 0 Å². The molecule has 0 amide bonds. The summed E-state index contributed by atoms with van der Waals surface area (Å²) in [7, 11) is 0.414. The zero-order chi connectivity index (χ0) is 15.2. The van der Waals surface area contributed by atoms with Crippen LogP contribution in [0.2, 0.25) is 0 Å². The van der Waals surface area contributed by atoms with Crippen molar-refractivity contribution in [2.45, 2.75) is 31.3 Å². The van der Waals surface area contributed by atoms with E-state index in [2.05, 4.69) is 23.9 Å². The van der Waals surface area contributed by atoms with Gasteiger partial charge < -0.3 is 10.2 Å². The van der Waals surface area contributed by atoms with Gasteiger partial charge in [-0.3, -0.25) is 0 Å². The molecule has 0 aromatic heterocycles. The van der Waals surface area contributed by atoms with Gasteiger partial charge in [0.05, 0.1) is 4.90 Å². The molecule has 0 saturated carbocycles. The lowest BCUT2D eigenvalue weighted by Gasteiger charge is -2.12. The molecule has 1 aromatic rings. The van der Waals surface area contributed by atoms with E-state index in [1.54, 1.807) is 12.1 Å². The Labute approximate surface area is 122 Å². The van der Waals surface area contributed by atoms with Gasteiger partial charge in [-0.1, -0.05) is 26.0 Å². The van der Waals surface area contributed by atoms with Gasteiger partial charge in [0.25, 0.3) is 0 Å². The third-order valence-corrected chi connectivity index (χ3v) is 4.28. The van der Waals surface area contributed by atoms with Crippen LogP contribution in [0.25, 0.3) is 0 Å². The molecule has 0 spiro atoms. The Kier molecular flexibility index (Phi) is 6.61.